The molecule has 1 aliphatic heterocycles. The molecule has 0 bridgehead atoms. The number of nitrogens with two attached hydrogens (primary N) is 4. The molecule has 0 atom stereocenters. The van der Waals surface area contributed by atoms with E-state index in [4.69, 9.17) is 17.3 Å². The van der Waals surface area contributed by atoms with Crippen LogP contribution in [0.4, 0.5) is 23.4 Å². The molecule has 6 aromatic rings. The van der Waals surface area contributed by atoms with Crippen LogP contribution in [0.25, 0.3) is 11.0 Å². The predicted octanol–water partition coefficient (Wildman–Crippen LogP) is 4.15. The zero-order chi connectivity index (χ0) is 35.0. The fraction of sp³-hybridized carbons (Fsp3) is 0.278. The smallest absolute Gasteiger partial charge is 0.220 e. The number of pyridine rings is 2. The normalized spacial score (nSPS) is 12.9. The number of nitrogens with zero attached hydrogens (tertiary/aromatic N) is 7. The Morgan fingerprint density at radius 2 is 1.47 bits per heavy atom. The number of aromatic nitrogens is 7. The fourth-order valence-corrected chi connectivity index (χ4v) is 6.05. The summed E-state index contributed by atoms with van der Waals surface area (Å²) in [5.74, 6) is 7.16. The molecule has 7 rings (SSSR count). The van der Waals surface area contributed by atoms with Crippen LogP contribution < -0.4 is 33.7 Å². The minimum absolute atomic E-state index is 0.194. The summed E-state index contributed by atoms with van der Waals surface area (Å²) in [6, 6.07) is 22.1. The number of hydrogen-bond acceptors (Lipinski definition) is 12. The van der Waals surface area contributed by atoms with Gasteiger partial charge in [0.1, 0.15) is 11.2 Å². The first-order chi connectivity index (χ1) is 23.6. The van der Waals surface area contributed by atoms with E-state index < -0.39 is 5.41 Å². The van der Waals surface area contributed by atoms with Crippen molar-refractivity contribution in [3.05, 3.63) is 120 Å². The van der Waals surface area contributed by atoms with Crippen LogP contribution in [0.5, 0.6) is 0 Å². The topological polar surface area (TPSA) is 210 Å². The second kappa shape index (κ2) is 14.9. The van der Waals surface area contributed by atoms with E-state index in [0.717, 1.165) is 53.2 Å². The molecule has 0 amide bonds. The van der Waals surface area contributed by atoms with Crippen molar-refractivity contribution in [2.75, 3.05) is 48.1 Å². The lowest BCUT2D eigenvalue weighted by atomic mass is 9.75. The van der Waals surface area contributed by atoms with E-state index in [1.807, 2.05) is 48.5 Å². The summed E-state index contributed by atoms with van der Waals surface area (Å²) in [5, 5.41) is 8.12. The number of fused-ring (bicyclic) bond motifs is 2. The van der Waals surface area contributed by atoms with Crippen LogP contribution >= 0.6 is 0 Å². The number of benzene rings is 1. The molecule has 5 aromatic heterocycles. The van der Waals surface area contributed by atoms with Crippen molar-refractivity contribution in [1.82, 2.24) is 34.6 Å². The first-order valence-electron chi connectivity index (χ1n) is 16.1. The van der Waals surface area contributed by atoms with Crippen molar-refractivity contribution in [1.29, 1.82) is 0 Å². The van der Waals surface area contributed by atoms with E-state index in [-0.39, 0.29) is 17.3 Å². The van der Waals surface area contributed by atoms with E-state index in [0.29, 0.717) is 17.9 Å². The second-order valence-electron chi connectivity index (χ2n) is 12.8. The summed E-state index contributed by atoms with van der Waals surface area (Å²) in [6.07, 6.45) is 8.71. The molecule has 0 saturated heterocycles. The Hall–Kier alpha value is -5.82. The summed E-state index contributed by atoms with van der Waals surface area (Å²) < 4.78 is 1.70. The molecule has 10 N–H and O–H groups in total. The van der Waals surface area contributed by atoms with Gasteiger partial charge in [-0.05, 0) is 67.3 Å². The molecule has 0 radical (unpaired) electrons. The van der Waals surface area contributed by atoms with E-state index in [9.17, 15) is 0 Å². The highest BCUT2D eigenvalue weighted by atomic mass is 15.3. The first-order valence-corrected chi connectivity index (χ1v) is 16.1. The van der Waals surface area contributed by atoms with E-state index in [2.05, 4.69) is 85.2 Å². The molecular weight excluding hydrogens is 614 g/mol. The number of nitrogen functional groups attached to an aromatic ring is 3. The van der Waals surface area contributed by atoms with Gasteiger partial charge in [0.2, 0.25) is 11.9 Å². The minimum Gasteiger partial charge on any atom is -0.384 e. The van der Waals surface area contributed by atoms with Crippen LogP contribution in [-0.4, -0.2) is 54.7 Å². The van der Waals surface area contributed by atoms with Gasteiger partial charge in [-0.15, -0.1) is 0 Å². The molecule has 6 heterocycles. The molecule has 0 fully saturated rings. The van der Waals surface area contributed by atoms with Crippen LogP contribution in [0, 0.1) is 5.41 Å². The van der Waals surface area contributed by atoms with Crippen molar-refractivity contribution < 1.29 is 0 Å². The van der Waals surface area contributed by atoms with Gasteiger partial charge in [-0.2, -0.15) is 0 Å². The molecular formula is C36H45N13. The average molecular weight is 660 g/mol. The van der Waals surface area contributed by atoms with E-state index >= 15 is 0 Å². The highest BCUT2D eigenvalue weighted by Crippen LogP contribution is 2.48. The van der Waals surface area contributed by atoms with Gasteiger partial charge in [0.05, 0.1) is 11.4 Å². The summed E-state index contributed by atoms with van der Waals surface area (Å²) in [7, 11) is 1.50. The summed E-state index contributed by atoms with van der Waals surface area (Å²) in [4.78, 5) is 26.1. The van der Waals surface area contributed by atoms with Crippen molar-refractivity contribution in [3.63, 3.8) is 0 Å². The Kier molecular flexibility index (Phi) is 10.5. The molecule has 0 spiro atoms. The third-order valence-electron chi connectivity index (χ3n) is 8.08. The van der Waals surface area contributed by atoms with Gasteiger partial charge in [0.25, 0.3) is 0 Å². The average Bonchev–Trinajstić information content (AvgIpc) is 3.64. The Morgan fingerprint density at radius 1 is 0.816 bits per heavy atom. The SMILES string of the molecule is CC(C)(C)Cc1cc2cccnc2n1N.CN.Nc1nccc(C2(c3ccnc(N)n3)CNc3nccc(NCCc4ccccc4)c32)n1. The fourth-order valence-electron chi connectivity index (χ4n) is 6.05. The molecule has 254 valence electrons. The molecule has 13 heteroatoms. The molecule has 0 unspecified atom stereocenters. The Morgan fingerprint density at radius 3 is 2.08 bits per heavy atom. The number of anilines is 4. The van der Waals surface area contributed by atoms with Gasteiger partial charge in [-0.1, -0.05) is 51.1 Å². The Labute approximate surface area is 286 Å². The first kappa shape index (κ1) is 34.5. The van der Waals surface area contributed by atoms with Crippen LogP contribution in [-0.2, 0) is 18.3 Å². The minimum atomic E-state index is -0.757. The van der Waals surface area contributed by atoms with Gasteiger partial charge in [0, 0.05) is 60.2 Å². The van der Waals surface area contributed by atoms with Crippen molar-refractivity contribution in [2.24, 2.45) is 11.1 Å². The standard InChI is InChI=1S/C23H23N9.C12H17N3.CH5N/c24-21-28-12-8-17(31-21)23(18-9-13-29-22(25)32-18)14-30-20-19(23)16(7-11-27-20)26-10-6-15-4-2-1-3-5-15;1-12(2,3)8-10-7-9-5-4-6-14-11(9)15(10)13;1-2/h1-5,7-9,11-13H,6,10,14H2,(H2,24,28,31)(H2,25,29,32)(H2,26,27,30);4-7H,8,13H2,1-3H3;2H2,1H3. The summed E-state index contributed by atoms with van der Waals surface area (Å²) >= 11 is 0. The lowest BCUT2D eigenvalue weighted by Crippen LogP contribution is -2.35. The van der Waals surface area contributed by atoms with E-state index in [1.54, 1.807) is 29.5 Å². The van der Waals surface area contributed by atoms with Crippen LogP contribution in [0.2, 0.25) is 0 Å². The van der Waals surface area contributed by atoms with Crippen molar-refractivity contribution in [3.8, 4) is 0 Å². The third kappa shape index (κ3) is 7.68. The maximum absolute atomic E-state index is 6.00. The molecule has 0 saturated carbocycles. The lowest BCUT2D eigenvalue weighted by Gasteiger charge is -2.30. The lowest BCUT2D eigenvalue weighted by molar-refractivity contribution is 0.403. The van der Waals surface area contributed by atoms with Crippen LogP contribution in [0.1, 0.15) is 49.0 Å². The van der Waals surface area contributed by atoms with Gasteiger partial charge in [-0.25, -0.2) is 34.6 Å². The zero-order valence-corrected chi connectivity index (χ0v) is 28.4. The van der Waals surface area contributed by atoms with Gasteiger partial charge >= 0.3 is 0 Å². The Bertz CT molecular complexity index is 1940. The zero-order valence-electron chi connectivity index (χ0n) is 28.4. The number of hydrogen-bond donors (Lipinski definition) is 6. The van der Waals surface area contributed by atoms with Gasteiger partial charge in [-0.3, -0.25) is 0 Å². The van der Waals surface area contributed by atoms with Crippen LogP contribution in [0.15, 0.2) is 91.5 Å². The maximum atomic E-state index is 6.00. The summed E-state index contributed by atoms with van der Waals surface area (Å²) in [6.45, 7) is 7.88. The molecule has 1 aliphatic rings. The molecule has 13 nitrogen and oxygen atoms in total. The highest BCUT2D eigenvalue weighted by molar-refractivity contribution is 5.77. The molecule has 0 aliphatic carbocycles. The number of rotatable bonds is 7. The van der Waals surface area contributed by atoms with Crippen molar-refractivity contribution >= 4 is 34.4 Å². The second-order valence-corrected chi connectivity index (χ2v) is 12.8. The number of nitrogens with one attached hydrogen (secondary N) is 2. The monoisotopic (exact) mass is 659 g/mol. The van der Waals surface area contributed by atoms with Gasteiger partial charge in [0.15, 0.2) is 5.65 Å². The highest BCUT2D eigenvalue weighted by Gasteiger charge is 2.47. The summed E-state index contributed by atoms with van der Waals surface area (Å²) in [5.41, 5.74) is 22.5. The van der Waals surface area contributed by atoms with Gasteiger partial charge < -0.3 is 33.7 Å². The largest absolute Gasteiger partial charge is 0.384 e. The van der Waals surface area contributed by atoms with Crippen LogP contribution in [0.3, 0.4) is 0 Å². The Balaban J connectivity index is 0.000000231. The molecule has 49 heavy (non-hydrogen) atoms. The van der Waals surface area contributed by atoms with Crippen molar-refractivity contribution in [2.45, 2.75) is 39.0 Å². The predicted molar refractivity (Wildman–Crippen MR) is 197 cm³/mol. The van der Waals surface area contributed by atoms with E-state index in [1.165, 1.54) is 12.6 Å². The molecule has 1 aromatic carbocycles. The quantitative estimate of drug-likeness (QED) is 0.134. The third-order valence-corrected chi connectivity index (χ3v) is 8.08. The maximum Gasteiger partial charge on any atom is 0.220 e.